The fraction of sp³-hybridized carbons (Fsp3) is 0.711. The van der Waals surface area contributed by atoms with Crippen LogP contribution in [-0.4, -0.2) is 193 Å². The van der Waals surface area contributed by atoms with Crippen LogP contribution in [0.2, 0.25) is 77.1 Å². The molecule has 0 saturated carbocycles. The largest absolute Gasteiger partial charge is 0.504 e. The number of rotatable bonds is 27. The van der Waals surface area contributed by atoms with E-state index in [1.807, 2.05) is 121 Å². The lowest BCUT2D eigenvalue weighted by Crippen LogP contribution is -2.46. The number of carbonyl (C=O) groups excluding carboxylic acids is 3. The molecule has 30 heteroatoms. The van der Waals surface area contributed by atoms with Crippen LogP contribution in [0.5, 0.6) is 46.0 Å². The third-order valence-electron chi connectivity index (χ3n) is 21.5. The number of ether oxygens (including phenoxy) is 6. The van der Waals surface area contributed by atoms with Crippen LogP contribution in [0.4, 0.5) is 0 Å². The predicted octanol–water partition coefficient (Wildman–Crippen LogP) is 21.2. The molecule has 3 heterocycles. The van der Waals surface area contributed by atoms with Crippen molar-refractivity contribution < 1.29 is 96.0 Å². The number of hydrogen-bond acceptors (Lipinski definition) is 20. The molecule has 0 aromatic heterocycles. The molecule has 3 amide bonds. The van der Waals surface area contributed by atoms with Gasteiger partial charge in [0, 0.05) is 53.0 Å². The van der Waals surface area contributed by atoms with Crippen LogP contribution in [-0.2, 0) is 27.9 Å². The number of carboxylic acids is 1. The van der Waals surface area contributed by atoms with E-state index < -0.39 is 68.1 Å². The second kappa shape index (κ2) is 45.9. The molecule has 0 bridgehead atoms. The van der Waals surface area contributed by atoms with Crippen molar-refractivity contribution in [1.82, 2.24) is 16.0 Å². The lowest BCUT2D eigenvalue weighted by Gasteiger charge is -2.33. The van der Waals surface area contributed by atoms with Gasteiger partial charge in [-0.25, -0.2) is 4.79 Å². The van der Waals surface area contributed by atoms with Gasteiger partial charge in [-0.3, -0.25) is 14.4 Å². The molecule has 4 aromatic carbocycles. The summed E-state index contributed by atoms with van der Waals surface area (Å²) in [5.74, 6) is 0.315. The maximum atomic E-state index is 13.7. The van der Waals surface area contributed by atoms with E-state index in [1.165, 1.54) is 32.4 Å². The van der Waals surface area contributed by atoms with Gasteiger partial charge in [-0.1, -0.05) is 160 Å². The number of aromatic hydroxyl groups is 2. The highest BCUT2D eigenvalue weighted by Gasteiger charge is 2.64. The number of hydrogen-bond donors (Lipinski definition) is 8. The molecule has 3 fully saturated rings. The summed E-state index contributed by atoms with van der Waals surface area (Å²) in [6.45, 7) is 88.7. The first-order chi connectivity index (χ1) is 56.8. The molecule has 24 nitrogen and oxygen atoms in total. The van der Waals surface area contributed by atoms with Gasteiger partial charge in [-0.2, -0.15) is 0 Å². The van der Waals surface area contributed by atoms with Crippen LogP contribution in [0.15, 0.2) is 66.7 Å². The summed E-state index contributed by atoms with van der Waals surface area (Å²) in [5.41, 5.74) is 4.74. The first-order valence-corrected chi connectivity index (χ1v) is 55.9. The summed E-state index contributed by atoms with van der Waals surface area (Å²) >= 11 is 0. The number of phenolic OH excluding ortho intramolecular Hbond substituents is 1. The topological polar surface area (TPSA) is 322 Å². The third-order valence-corrected chi connectivity index (χ3v) is 26.6. The van der Waals surface area contributed by atoms with E-state index in [1.54, 1.807) is 38.5 Å². The molecule has 0 unspecified atom stereocenters. The quantitative estimate of drug-likeness (QED) is 0.0257. The zero-order chi connectivity index (χ0) is 99.5. The minimum Gasteiger partial charge on any atom is -0.504 e. The molecule has 7 rings (SSSR count). The lowest BCUT2D eigenvalue weighted by molar-refractivity contribution is 0.00578. The minimum atomic E-state index is -1.32. The van der Waals surface area contributed by atoms with Crippen molar-refractivity contribution in [3.8, 4) is 46.0 Å². The van der Waals surface area contributed by atoms with Gasteiger partial charge in [0.1, 0.15) is 5.56 Å². The average molecular weight is 1830 g/mol. The highest BCUT2D eigenvalue weighted by Crippen LogP contribution is 2.45. The Labute approximate surface area is 772 Å². The highest BCUT2D eigenvalue weighted by atomic mass is 28.3. The van der Waals surface area contributed by atoms with Crippen LogP contribution in [0.25, 0.3) is 0 Å². The fourth-order valence-corrected chi connectivity index (χ4v) is 16.9. The number of carboxylic acid groups (broad SMARTS) is 1. The molecule has 0 spiro atoms. The van der Waals surface area contributed by atoms with E-state index >= 15 is 0 Å². The zero-order valence-corrected chi connectivity index (χ0v) is 90.6. The van der Waals surface area contributed by atoms with Gasteiger partial charge in [0.2, 0.25) is 0 Å². The number of nitrogens with two attached hydrogens (primary N) is 1. The molecule has 127 heavy (non-hydrogen) atoms. The minimum absolute atomic E-state index is 0.0156. The van der Waals surface area contributed by atoms with Crippen molar-refractivity contribution in [1.29, 1.82) is 0 Å². The van der Waals surface area contributed by atoms with Crippen LogP contribution in [0, 0.1) is 21.7 Å². The van der Waals surface area contributed by atoms with Gasteiger partial charge >= 0.3 is 27.1 Å². The molecule has 4 aromatic rings. The number of methoxy groups -OCH3 is 4. The number of benzene rings is 4. The molecule has 0 atom stereocenters. The van der Waals surface area contributed by atoms with Crippen molar-refractivity contribution in [3.63, 3.8) is 0 Å². The van der Waals surface area contributed by atoms with E-state index in [-0.39, 0.29) is 101 Å². The van der Waals surface area contributed by atoms with Gasteiger partial charge in [-0.15, -0.1) is 0 Å². The van der Waals surface area contributed by atoms with Crippen molar-refractivity contribution in [2.45, 2.75) is 380 Å². The van der Waals surface area contributed by atoms with Crippen molar-refractivity contribution in [2.75, 3.05) is 48.3 Å². The Kier molecular flexibility index (Phi) is 42.9. The summed E-state index contributed by atoms with van der Waals surface area (Å²) in [4.78, 5) is 49.4. The lowest BCUT2D eigenvalue weighted by atomic mass is 9.49. The molecule has 724 valence electrons. The maximum absolute atomic E-state index is 13.7. The number of carbonyl (C=O) groups is 4. The van der Waals surface area contributed by atoms with Gasteiger partial charge in [0.05, 0.1) is 91.9 Å². The number of nitrogens with one attached hydrogen (secondary N) is 3. The summed E-state index contributed by atoms with van der Waals surface area (Å²) in [5, 5.41) is 45.6. The SMILES string of the molecule is CC(C)(C)CC(C)(C)N.CC1(C)OB(B2OC(C)(C)C(C)(C)O2)OC1(C)C.COc1cc(B2OC(C)(C)C(C)(C)O2)cc(C(=O)NC(C)(C)CC(C)(C)C)c1OCC[Si](C)(C)C.COc1cccc(C(=O)NC(C)(C)CC(C)(C)C)c1O.COc1cccc(C(=O)NC(C)(C)CC(C)(C)C)c1OCC[Si](C)(C)C.COc1cccc(C(=O)O)c1O.C[Si](C)(C)CCO. The van der Waals surface area contributed by atoms with E-state index in [0.29, 0.717) is 65.1 Å². The van der Waals surface area contributed by atoms with Gasteiger partial charge in [0.15, 0.2) is 46.0 Å². The fourth-order valence-electron chi connectivity index (χ4n) is 14.8. The van der Waals surface area contributed by atoms with Crippen molar-refractivity contribution in [2.24, 2.45) is 27.4 Å². The van der Waals surface area contributed by atoms with Crippen LogP contribution in [0.1, 0.15) is 289 Å². The molecule has 3 aliphatic heterocycles. The Bertz CT molecular complexity index is 4060. The van der Waals surface area contributed by atoms with Crippen molar-refractivity contribution >= 4 is 74.5 Å². The second-order valence-electron chi connectivity index (χ2n) is 48.1. The standard InChI is InChI=1S/C27H48BNO5Si.C21H37NO3Si.C16H25NO3.C12H24B2O4.C8H19N.C8H8O4.C5H14OSi/c1-24(2,3)18-25(4,5)29-23(30)20-16-19(28-33-26(6,7)27(8,9)34-28)17-21(31-10)22(20)32-14-15-35(11,12)13;1-20(2,3)15-21(4,5)22-19(23)16-11-10-12-17(24-6)18(16)25-13-14-26(7,8)9;1-15(2,3)10-16(4,5)17-14(19)11-8-7-9-12(20-6)13(11)18;1-9(2)10(3,4)16-13(15-9)14-17-11(5,6)12(7,8)18-14;1-7(2,3)6-8(4,5)9;1-12-6-4-2-3-5(7(6)9)8(10)11;1-7(2,3)5-4-6/h16-17H,14-15,18H2,1-13H3,(H,29,30);10-12H,13-15H2,1-9H3,(H,22,23);7-9,18H,10H2,1-6H3,(H,17,19);1-8H3;6,9H2,1-5H3;2-4,9H,1H3,(H,10,11);6H,4-5H2,1-3H3. The monoisotopic (exact) mass is 1830 g/mol. The van der Waals surface area contributed by atoms with Gasteiger partial charge < -0.3 is 98.5 Å². The molecule has 0 radical (unpaired) electrons. The zero-order valence-electron chi connectivity index (χ0n) is 87.6. The second-order valence-corrected chi connectivity index (χ2v) is 65.0. The number of phenols is 2. The molecule has 9 N–H and O–H groups in total. The Morgan fingerprint density at radius 3 is 0.937 bits per heavy atom. The molecular formula is C97H175B3N4O20Si3. The van der Waals surface area contributed by atoms with Crippen LogP contribution < -0.4 is 55.6 Å². The van der Waals surface area contributed by atoms with Crippen LogP contribution in [0.3, 0.4) is 0 Å². The predicted molar refractivity (Wildman–Crippen MR) is 532 cm³/mol. The number of aliphatic hydroxyl groups is 1. The molecule has 3 saturated heterocycles. The highest BCUT2D eigenvalue weighted by molar-refractivity contribution is 7.11. The Balaban J connectivity index is 0.000000782. The van der Waals surface area contributed by atoms with E-state index in [0.717, 1.165) is 49.3 Å². The summed E-state index contributed by atoms with van der Waals surface area (Å²) in [7, 11) is 1.02. The van der Waals surface area contributed by atoms with Crippen molar-refractivity contribution in [3.05, 3.63) is 89.0 Å². The number of aliphatic hydroxyl groups excluding tert-OH is 1. The Hall–Kier alpha value is -6.31. The summed E-state index contributed by atoms with van der Waals surface area (Å²) in [6, 6.07) is 21.4. The summed E-state index contributed by atoms with van der Waals surface area (Å²) < 4.78 is 69.6. The third kappa shape index (κ3) is 42.4. The Morgan fingerprint density at radius 1 is 0.386 bits per heavy atom. The Morgan fingerprint density at radius 2 is 0.661 bits per heavy atom. The first kappa shape index (κ1) is 119. The molecule has 3 aliphatic rings. The van der Waals surface area contributed by atoms with Gasteiger partial charge in [-0.05, 0) is 258 Å². The van der Waals surface area contributed by atoms with Gasteiger partial charge in [0.25, 0.3) is 17.7 Å². The number of para-hydroxylation sites is 3. The summed E-state index contributed by atoms with van der Waals surface area (Å²) in [6.07, 6.45) is 3.60. The smallest absolute Gasteiger partial charge is 0.494 e. The normalized spacial score (nSPS) is 16.5. The number of aromatic carboxylic acids is 1. The molecule has 0 aliphatic carbocycles. The number of amides is 3. The average Bonchev–Trinajstić information content (AvgIpc) is 1.60. The van der Waals surface area contributed by atoms with E-state index in [9.17, 15) is 29.4 Å². The van der Waals surface area contributed by atoms with Crippen LogP contribution >= 0.6 is 0 Å². The van der Waals surface area contributed by atoms with E-state index in [4.69, 9.17) is 72.3 Å². The van der Waals surface area contributed by atoms with E-state index in [2.05, 4.69) is 200 Å². The first-order valence-electron chi connectivity index (χ1n) is 44.8. The molecular weight excluding hydrogens is 1660 g/mol. The maximum Gasteiger partial charge on any atom is 0.494 e.